The average molecular weight is 502 g/mol. The molecule has 4 rings (SSSR count). The van der Waals surface area contributed by atoms with Crippen molar-refractivity contribution in [3.8, 4) is 17.2 Å². The fraction of sp³-hybridized carbons (Fsp3) is 0.267. The Labute approximate surface area is 216 Å². The van der Waals surface area contributed by atoms with Crippen molar-refractivity contribution in [2.45, 2.75) is 39.3 Å². The van der Waals surface area contributed by atoms with Crippen molar-refractivity contribution < 1.29 is 28.9 Å². The molecule has 0 spiro atoms. The van der Waals surface area contributed by atoms with Gasteiger partial charge in [-0.3, -0.25) is 14.5 Å². The molecule has 192 valence electrons. The van der Waals surface area contributed by atoms with Crippen LogP contribution in [0.15, 0.2) is 72.3 Å². The first-order chi connectivity index (χ1) is 17.8. The van der Waals surface area contributed by atoms with E-state index in [1.165, 1.54) is 19.1 Å². The van der Waals surface area contributed by atoms with E-state index < -0.39 is 17.7 Å². The molecule has 1 heterocycles. The van der Waals surface area contributed by atoms with Crippen molar-refractivity contribution in [2.75, 3.05) is 19.1 Å². The largest absolute Gasteiger partial charge is 0.507 e. The van der Waals surface area contributed by atoms with Gasteiger partial charge in [-0.1, -0.05) is 31.2 Å². The number of aryl methyl sites for hydroxylation is 1. The van der Waals surface area contributed by atoms with Gasteiger partial charge in [0.1, 0.15) is 11.5 Å². The SMILES string of the molecule is CCc1ccc(C2/C(=C(/O)c3ccc(OC)c(OC)c3)C(=O)C(=O)N2c2ccc(OC(C)C)cc2)cc1. The zero-order valence-corrected chi connectivity index (χ0v) is 21.6. The molecule has 7 nitrogen and oxygen atoms in total. The minimum Gasteiger partial charge on any atom is -0.507 e. The fourth-order valence-corrected chi connectivity index (χ4v) is 4.45. The summed E-state index contributed by atoms with van der Waals surface area (Å²) in [5, 5.41) is 11.4. The van der Waals surface area contributed by atoms with E-state index in [0.29, 0.717) is 34.1 Å². The van der Waals surface area contributed by atoms with E-state index in [2.05, 4.69) is 6.92 Å². The summed E-state index contributed by atoms with van der Waals surface area (Å²) < 4.78 is 16.4. The molecule has 1 N–H and O–H groups in total. The summed E-state index contributed by atoms with van der Waals surface area (Å²) in [6.45, 7) is 5.92. The first kappa shape index (κ1) is 25.8. The maximum absolute atomic E-state index is 13.4. The Hall–Kier alpha value is -4.26. The summed E-state index contributed by atoms with van der Waals surface area (Å²) in [7, 11) is 3.00. The Morgan fingerprint density at radius 3 is 2.14 bits per heavy atom. The molecule has 0 aromatic heterocycles. The number of benzene rings is 3. The van der Waals surface area contributed by atoms with Gasteiger partial charge in [-0.15, -0.1) is 0 Å². The van der Waals surface area contributed by atoms with Crippen LogP contribution in [0.4, 0.5) is 5.69 Å². The highest BCUT2D eigenvalue weighted by atomic mass is 16.5. The number of Topliss-reactive ketones (excluding diaryl/α,β-unsaturated/α-hetero) is 1. The lowest BCUT2D eigenvalue weighted by molar-refractivity contribution is -0.132. The molecule has 7 heteroatoms. The Balaban J connectivity index is 1.87. The Morgan fingerprint density at radius 2 is 1.57 bits per heavy atom. The van der Waals surface area contributed by atoms with E-state index in [0.717, 1.165) is 12.0 Å². The highest BCUT2D eigenvalue weighted by Crippen LogP contribution is 2.43. The number of carbonyl (C=O) groups excluding carboxylic acids is 2. The van der Waals surface area contributed by atoms with Crippen molar-refractivity contribution in [3.63, 3.8) is 0 Å². The molecule has 1 unspecified atom stereocenters. The number of hydrogen-bond acceptors (Lipinski definition) is 6. The summed E-state index contributed by atoms with van der Waals surface area (Å²) in [5.74, 6) is -0.237. The van der Waals surface area contributed by atoms with Crippen molar-refractivity contribution in [2.24, 2.45) is 0 Å². The molecule has 1 aliphatic heterocycles. The maximum atomic E-state index is 13.4. The highest BCUT2D eigenvalue weighted by Gasteiger charge is 2.47. The molecule has 0 saturated carbocycles. The number of amides is 1. The van der Waals surface area contributed by atoms with Crippen LogP contribution in [0.1, 0.15) is 43.5 Å². The van der Waals surface area contributed by atoms with Gasteiger partial charge in [0.05, 0.1) is 31.9 Å². The molecular formula is C30H31NO6. The Morgan fingerprint density at radius 1 is 0.919 bits per heavy atom. The molecule has 3 aromatic rings. The van der Waals surface area contributed by atoms with E-state index in [4.69, 9.17) is 14.2 Å². The molecule has 1 amide bonds. The van der Waals surface area contributed by atoms with Gasteiger partial charge in [0.25, 0.3) is 11.7 Å². The van der Waals surface area contributed by atoms with Crippen LogP contribution >= 0.6 is 0 Å². The average Bonchev–Trinajstić information content (AvgIpc) is 3.18. The Kier molecular flexibility index (Phi) is 7.53. The van der Waals surface area contributed by atoms with Crippen LogP contribution in [0.5, 0.6) is 17.2 Å². The highest BCUT2D eigenvalue weighted by molar-refractivity contribution is 6.51. The summed E-state index contributed by atoms with van der Waals surface area (Å²) in [6.07, 6.45) is 0.849. The van der Waals surface area contributed by atoms with E-state index in [1.807, 2.05) is 38.1 Å². The van der Waals surface area contributed by atoms with Gasteiger partial charge in [-0.25, -0.2) is 0 Å². The Bertz CT molecular complexity index is 1330. The van der Waals surface area contributed by atoms with Gasteiger partial charge in [0.2, 0.25) is 0 Å². The summed E-state index contributed by atoms with van der Waals surface area (Å²) in [5.41, 5.74) is 2.70. The molecule has 0 radical (unpaired) electrons. The number of ketones is 1. The number of rotatable bonds is 8. The minimum absolute atomic E-state index is 0.00125. The molecular weight excluding hydrogens is 470 g/mol. The standard InChI is InChI=1S/C30H31NO6/c1-6-19-7-9-20(10-8-19)27-26(28(32)21-11-16-24(35-4)25(17-21)36-5)29(33)30(34)31(27)22-12-14-23(15-13-22)37-18(2)3/h7-18,27,32H,6H2,1-5H3/b28-26-. The monoisotopic (exact) mass is 501 g/mol. The zero-order valence-electron chi connectivity index (χ0n) is 21.6. The predicted octanol–water partition coefficient (Wildman–Crippen LogP) is 5.68. The van der Waals surface area contributed by atoms with Gasteiger partial charge in [0.15, 0.2) is 11.5 Å². The van der Waals surface area contributed by atoms with Gasteiger partial charge < -0.3 is 19.3 Å². The van der Waals surface area contributed by atoms with Crippen molar-refractivity contribution >= 4 is 23.1 Å². The summed E-state index contributed by atoms with van der Waals surface area (Å²) >= 11 is 0. The molecule has 1 saturated heterocycles. The second-order valence-electron chi connectivity index (χ2n) is 8.99. The summed E-state index contributed by atoms with van der Waals surface area (Å²) in [4.78, 5) is 28.2. The number of anilines is 1. The molecule has 1 atom stereocenters. The summed E-state index contributed by atoms with van der Waals surface area (Å²) in [6, 6.07) is 18.7. The lowest BCUT2D eigenvalue weighted by atomic mass is 9.94. The van der Waals surface area contributed by atoms with Crippen LogP contribution in [0.2, 0.25) is 0 Å². The van der Waals surface area contributed by atoms with E-state index in [-0.39, 0.29) is 17.4 Å². The fourth-order valence-electron chi connectivity index (χ4n) is 4.45. The third-order valence-electron chi connectivity index (χ3n) is 6.29. The number of ether oxygens (including phenoxy) is 3. The quantitative estimate of drug-likeness (QED) is 0.243. The van der Waals surface area contributed by atoms with Crippen molar-refractivity contribution in [3.05, 3.63) is 89.0 Å². The van der Waals surface area contributed by atoms with E-state index in [9.17, 15) is 14.7 Å². The number of aliphatic hydroxyl groups is 1. The maximum Gasteiger partial charge on any atom is 0.300 e. The van der Waals surface area contributed by atoms with Gasteiger partial charge in [0, 0.05) is 11.3 Å². The van der Waals surface area contributed by atoms with Crippen molar-refractivity contribution in [1.29, 1.82) is 0 Å². The number of aliphatic hydroxyl groups excluding tert-OH is 1. The molecule has 1 aliphatic rings. The second-order valence-corrected chi connectivity index (χ2v) is 8.99. The molecule has 37 heavy (non-hydrogen) atoms. The molecule has 0 bridgehead atoms. The van der Waals surface area contributed by atoms with Gasteiger partial charge in [-0.05, 0) is 73.9 Å². The predicted molar refractivity (Wildman–Crippen MR) is 142 cm³/mol. The first-order valence-electron chi connectivity index (χ1n) is 12.2. The molecule has 3 aromatic carbocycles. The lowest BCUT2D eigenvalue weighted by Gasteiger charge is -2.26. The minimum atomic E-state index is -0.823. The number of nitrogens with zero attached hydrogens (tertiary/aromatic N) is 1. The zero-order chi connectivity index (χ0) is 26.7. The van der Waals surface area contributed by atoms with Gasteiger partial charge in [-0.2, -0.15) is 0 Å². The molecule has 1 fully saturated rings. The van der Waals surface area contributed by atoms with Crippen LogP contribution in [-0.4, -0.2) is 37.1 Å². The topological polar surface area (TPSA) is 85.3 Å². The van der Waals surface area contributed by atoms with E-state index >= 15 is 0 Å². The second kappa shape index (κ2) is 10.8. The third kappa shape index (κ3) is 5.03. The number of hydrogen-bond donors (Lipinski definition) is 1. The normalized spacial score (nSPS) is 16.8. The van der Waals surface area contributed by atoms with Crippen LogP contribution in [0.25, 0.3) is 5.76 Å². The van der Waals surface area contributed by atoms with Crippen LogP contribution in [0, 0.1) is 0 Å². The van der Waals surface area contributed by atoms with Crippen molar-refractivity contribution in [1.82, 2.24) is 0 Å². The van der Waals surface area contributed by atoms with Gasteiger partial charge >= 0.3 is 0 Å². The van der Waals surface area contributed by atoms with E-state index in [1.54, 1.807) is 42.5 Å². The van der Waals surface area contributed by atoms with Crippen LogP contribution < -0.4 is 19.1 Å². The third-order valence-corrected chi connectivity index (χ3v) is 6.29. The number of carbonyl (C=O) groups is 2. The smallest absolute Gasteiger partial charge is 0.300 e. The van der Waals surface area contributed by atoms with Crippen LogP contribution in [0.3, 0.4) is 0 Å². The first-order valence-corrected chi connectivity index (χ1v) is 12.2. The molecule has 0 aliphatic carbocycles. The number of methoxy groups -OCH3 is 2. The lowest BCUT2D eigenvalue weighted by Crippen LogP contribution is -2.29. The van der Waals surface area contributed by atoms with Crippen LogP contribution in [-0.2, 0) is 16.0 Å².